The van der Waals surface area contributed by atoms with Gasteiger partial charge in [-0.15, -0.1) is 0 Å². The second kappa shape index (κ2) is 7.63. The SMILES string of the molecule is CC(=O)O[C@@H]1CC[C@@]2(C)[C@@H](CC[C@H]3[C@@H]4CC[C@H]([C@H](C)OC(C)=O)[C@@]4(C)CC(=O)[C@@H]32)C1. The van der Waals surface area contributed by atoms with E-state index in [0.717, 1.165) is 44.9 Å². The summed E-state index contributed by atoms with van der Waals surface area (Å²) < 4.78 is 11.1. The molecule has 0 aromatic rings. The zero-order valence-corrected chi connectivity index (χ0v) is 19.2. The van der Waals surface area contributed by atoms with E-state index >= 15 is 0 Å². The fourth-order valence-corrected chi connectivity index (χ4v) is 8.53. The van der Waals surface area contributed by atoms with Gasteiger partial charge in [0.2, 0.25) is 0 Å². The van der Waals surface area contributed by atoms with Crippen LogP contribution in [-0.2, 0) is 23.9 Å². The number of carbonyl (C=O) groups is 3. The number of hydrogen-bond acceptors (Lipinski definition) is 5. The zero-order chi connectivity index (χ0) is 21.8. The molecule has 0 radical (unpaired) electrons. The van der Waals surface area contributed by atoms with Crippen molar-refractivity contribution in [2.75, 3.05) is 0 Å². The van der Waals surface area contributed by atoms with Crippen LogP contribution in [0.25, 0.3) is 0 Å². The minimum Gasteiger partial charge on any atom is -0.463 e. The van der Waals surface area contributed by atoms with E-state index in [-0.39, 0.29) is 46.8 Å². The van der Waals surface area contributed by atoms with Crippen molar-refractivity contribution in [3.8, 4) is 0 Å². The third-order valence-corrected chi connectivity index (χ3v) is 9.62. The molecule has 0 bridgehead atoms. The van der Waals surface area contributed by atoms with E-state index in [4.69, 9.17) is 9.47 Å². The lowest BCUT2D eigenvalue weighted by molar-refractivity contribution is -0.172. The summed E-state index contributed by atoms with van der Waals surface area (Å²) in [7, 11) is 0. The molecule has 4 aliphatic carbocycles. The molecule has 5 heteroatoms. The molecule has 0 aromatic heterocycles. The molecule has 4 fully saturated rings. The molecule has 0 heterocycles. The molecule has 168 valence electrons. The predicted octanol–water partition coefficient (Wildman–Crippen LogP) is 4.71. The van der Waals surface area contributed by atoms with Gasteiger partial charge in [0.25, 0.3) is 0 Å². The third kappa shape index (κ3) is 3.40. The summed E-state index contributed by atoms with van der Waals surface area (Å²) in [4.78, 5) is 36.7. The molecule has 0 unspecified atom stereocenters. The average Bonchev–Trinajstić information content (AvgIpc) is 2.97. The predicted molar refractivity (Wildman–Crippen MR) is 112 cm³/mol. The van der Waals surface area contributed by atoms with E-state index < -0.39 is 0 Å². The maximum atomic E-state index is 13.7. The Morgan fingerprint density at radius 2 is 1.73 bits per heavy atom. The average molecular weight is 419 g/mol. The number of Topliss-reactive ketones (excluding diaryl/α,β-unsaturated/α-hetero) is 1. The molecule has 0 N–H and O–H groups in total. The lowest BCUT2D eigenvalue weighted by Gasteiger charge is -2.60. The van der Waals surface area contributed by atoms with E-state index in [9.17, 15) is 14.4 Å². The van der Waals surface area contributed by atoms with Crippen molar-refractivity contribution in [3.05, 3.63) is 0 Å². The zero-order valence-electron chi connectivity index (χ0n) is 19.2. The van der Waals surface area contributed by atoms with Crippen LogP contribution in [0.3, 0.4) is 0 Å². The largest absolute Gasteiger partial charge is 0.463 e. The highest BCUT2D eigenvalue weighted by molar-refractivity contribution is 5.84. The van der Waals surface area contributed by atoms with Gasteiger partial charge >= 0.3 is 11.9 Å². The highest BCUT2D eigenvalue weighted by Crippen LogP contribution is 2.67. The van der Waals surface area contributed by atoms with E-state index in [1.54, 1.807) is 0 Å². The Morgan fingerprint density at radius 1 is 1.00 bits per heavy atom. The summed E-state index contributed by atoms with van der Waals surface area (Å²) in [5.74, 6) is 1.84. The molecule has 0 aliphatic heterocycles. The topological polar surface area (TPSA) is 69.7 Å². The highest BCUT2D eigenvalue weighted by Gasteiger charge is 2.64. The first-order valence-corrected chi connectivity index (χ1v) is 11.9. The van der Waals surface area contributed by atoms with E-state index in [2.05, 4.69) is 13.8 Å². The van der Waals surface area contributed by atoms with Crippen LogP contribution < -0.4 is 0 Å². The van der Waals surface area contributed by atoms with Gasteiger partial charge < -0.3 is 9.47 Å². The number of ketones is 1. The summed E-state index contributed by atoms with van der Waals surface area (Å²) in [5.41, 5.74) is -0.0389. The molecule has 0 spiro atoms. The van der Waals surface area contributed by atoms with Gasteiger partial charge in [0.15, 0.2) is 0 Å². The second-order valence-electron chi connectivity index (χ2n) is 11.2. The van der Waals surface area contributed by atoms with Crippen LogP contribution in [-0.4, -0.2) is 29.9 Å². The van der Waals surface area contributed by atoms with Crippen molar-refractivity contribution in [1.29, 1.82) is 0 Å². The molecule has 9 atom stereocenters. The monoisotopic (exact) mass is 418 g/mol. The van der Waals surface area contributed by atoms with Crippen LogP contribution in [0, 0.1) is 40.4 Å². The maximum Gasteiger partial charge on any atom is 0.302 e. The smallest absolute Gasteiger partial charge is 0.302 e. The normalized spacial score (nSPS) is 46.2. The minimum atomic E-state index is -0.230. The third-order valence-electron chi connectivity index (χ3n) is 9.62. The second-order valence-corrected chi connectivity index (χ2v) is 11.2. The standard InChI is InChI=1S/C25H38O5/c1-14(29-15(2)26)20-8-9-21-19-7-6-17-12-18(30-16(3)27)10-11-24(17,4)23(19)22(28)13-25(20,21)5/h14,17-21,23H,6-13H2,1-5H3/t14-,17-,18+,19-,20+,21-,23+,24-,25+/m0/s1. The first-order chi connectivity index (χ1) is 14.1. The van der Waals surface area contributed by atoms with Gasteiger partial charge in [-0.1, -0.05) is 13.8 Å². The van der Waals surface area contributed by atoms with Gasteiger partial charge in [-0.2, -0.15) is 0 Å². The molecular weight excluding hydrogens is 380 g/mol. The first-order valence-electron chi connectivity index (χ1n) is 11.9. The summed E-state index contributed by atoms with van der Waals surface area (Å²) >= 11 is 0. The Balaban J connectivity index is 1.56. The Bertz CT molecular complexity index is 731. The first kappa shape index (κ1) is 21.8. The molecular formula is C25H38O5. The van der Waals surface area contributed by atoms with Gasteiger partial charge in [0.1, 0.15) is 18.0 Å². The van der Waals surface area contributed by atoms with Crippen LogP contribution in [0.2, 0.25) is 0 Å². The molecule has 0 amide bonds. The Morgan fingerprint density at radius 3 is 2.40 bits per heavy atom. The van der Waals surface area contributed by atoms with Gasteiger partial charge in [-0.05, 0) is 80.5 Å². The fourth-order valence-electron chi connectivity index (χ4n) is 8.53. The fraction of sp³-hybridized carbons (Fsp3) is 0.880. The van der Waals surface area contributed by atoms with E-state index in [0.29, 0.717) is 30.0 Å². The van der Waals surface area contributed by atoms with Crippen molar-refractivity contribution in [3.63, 3.8) is 0 Å². The number of carbonyl (C=O) groups excluding carboxylic acids is 3. The van der Waals surface area contributed by atoms with Crippen LogP contribution >= 0.6 is 0 Å². The lowest BCUT2D eigenvalue weighted by atomic mass is 9.44. The van der Waals surface area contributed by atoms with Crippen LogP contribution in [0.5, 0.6) is 0 Å². The van der Waals surface area contributed by atoms with Crippen molar-refractivity contribution < 1.29 is 23.9 Å². The minimum absolute atomic E-state index is 0.0153. The molecule has 4 saturated carbocycles. The number of fused-ring (bicyclic) bond motifs is 5. The maximum absolute atomic E-state index is 13.7. The summed E-state index contributed by atoms with van der Waals surface area (Å²) in [6.45, 7) is 9.60. The van der Waals surface area contributed by atoms with E-state index in [1.165, 1.54) is 13.8 Å². The van der Waals surface area contributed by atoms with Crippen molar-refractivity contribution in [2.24, 2.45) is 40.4 Å². The van der Waals surface area contributed by atoms with Crippen LogP contribution in [0.1, 0.15) is 86.0 Å². The number of esters is 2. The quantitative estimate of drug-likeness (QED) is 0.621. The van der Waals surface area contributed by atoms with Crippen LogP contribution in [0.4, 0.5) is 0 Å². The molecule has 4 rings (SSSR count). The van der Waals surface area contributed by atoms with Gasteiger partial charge in [0.05, 0.1) is 0 Å². The van der Waals surface area contributed by atoms with E-state index in [1.807, 2.05) is 6.92 Å². The van der Waals surface area contributed by atoms with Gasteiger partial charge in [0, 0.05) is 32.1 Å². The van der Waals surface area contributed by atoms with Crippen LogP contribution in [0.15, 0.2) is 0 Å². The molecule has 4 aliphatic rings. The molecule has 5 nitrogen and oxygen atoms in total. The van der Waals surface area contributed by atoms with Crippen molar-refractivity contribution in [1.82, 2.24) is 0 Å². The summed E-state index contributed by atoms with van der Waals surface area (Å²) in [6.07, 6.45) is 7.65. The molecule has 0 saturated heterocycles. The summed E-state index contributed by atoms with van der Waals surface area (Å²) in [5, 5.41) is 0. The Labute approximate surface area is 180 Å². The summed E-state index contributed by atoms with van der Waals surface area (Å²) in [6, 6.07) is 0. The van der Waals surface area contributed by atoms with Gasteiger partial charge in [-0.3, -0.25) is 14.4 Å². The van der Waals surface area contributed by atoms with Crippen molar-refractivity contribution >= 4 is 17.7 Å². The number of ether oxygens (including phenoxy) is 2. The van der Waals surface area contributed by atoms with Gasteiger partial charge in [-0.25, -0.2) is 0 Å². The number of hydrogen-bond donors (Lipinski definition) is 0. The lowest BCUT2D eigenvalue weighted by Crippen LogP contribution is -2.58. The van der Waals surface area contributed by atoms with Crippen molar-refractivity contribution in [2.45, 2.75) is 98.2 Å². The highest BCUT2D eigenvalue weighted by atomic mass is 16.5. The molecule has 0 aromatic carbocycles. The Kier molecular flexibility index (Phi) is 5.55. The number of rotatable bonds is 3. The Hall–Kier alpha value is -1.39. The molecule has 30 heavy (non-hydrogen) atoms.